The third-order valence-corrected chi connectivity index (χ3v) is 4.55. The smallest absolute Gasteiger partial charge is 0.282 e. The number of halogens is 2. The summed E-state index contributed by atoms with van der Waals surface area (Å²) in [7, 11) is 0. The molecule has 5 nitrogen and oxygen atoms in total. The van der Waals surface area contributed by atoms with Gasteiger partial charge in [-0.3, -0.25) is 15.0 Å². The fourth-order valence-electron chi connectivity index (χ4n) is 2.67. The van der Waals surface area contributed by atoms with Crippen LogP contribution in [0.2, 0.25) is 0 Å². The molecule has 0 radical (unpaired) electrons. The van der Waals surface area contributed by atoms with E-state index in [1.807, 2.05) is 24.3 Å². The minimum atomic E-state index is -0.550. The molecule has 1 aliphatic rings. The summed E-state index contributed by atoms with van der Waals surface area (Å²) in [6, 6.07) is 16.3. The first kappa shape index (κ1) is 17.2. The van der Waals surface area contributed by atoms with Crippen LogP contribution in [0, 0.1) is 5.82 Å². The molecule has 0 spiro atoms. The maximum Gasteiger partial charge on any atom is 0.282 e. The van der Waals surface area contributed by atoms with Crippen LogP contribution in [0.1, 0.15) is 5.76 Å². The van der Waals surface area contributed by atoms with Crippen LogP contribution in [0.4, 0.5) is 10.1 Å². The number of nitrogens with one attached hydrogen (secondary N) is 1. The summed E-state index contributed by atoms with van der Waals surface area (Å²) in [6.45, 7) is 0. The normalized spacial score (nSPS) is 15.5. The summed E-state index contributed by atoms with van der Waals surface area (Å²) in [6.07, 6.45) is 1.39. The molecule has 1 saturated heterocycles. The van der Waals surface area contributed by atoms with Gasteiger partial charge in [0.05, 0.1) is 5.69 Å². The number of nitrogens with zero attached hydrogens (tertiary/aromatic N) is 1. The monoisotopic (exact) mass is 426 g/mol. The molecule has 2 amide bonds. The van der Waals surface area contributed by atoms with E-state index in [1.54, 1.807) is 12.1 Å². The first-order valence-corrected chi connectivity index (χ1v) is 8.79. The van der Waals surface area contributed by atoms with Gasteiger partial charge in [-0.05, 0) is 54.6 Å². The molecule has 0 saturated carbocycles. The average molecular weight is 427 g/mol. The highest BCUT2D eigenvalue weighted by molar-refractivity contribution is 9.10. The zero-order chi connectivity index (χ0) is 19.0. The van der Waals surface area contributed by atoms with Crippen LogP contribution >= 0.6 is 15.9 Å². The number of furan rings is 1. The number of hydrazine groups is 1. The maximum atomic E-state index is 13.1. The molecule has 7 heteroatoms. The molecule has 2 aromatic carbocycles. The zero-order valence-electron chi connectivity index (χ0n) is 13.8. The molecule has 2 heterocycles. The number of rotatable bonds is 3. The molecular formula is C20H12BrFN2O3. The Morgan fingerprint density at radius 2 is 1.67 bits per heavy atom. The predicted molar refractivity (Wildman–Crippen MR) is 102 cm³/mol. The standard InChI is InChI=1S/C20H12BrFN2O3/c21-13-3-1-12(2-4-13)18-10-9-16(27-18)11-17-19(25)23-24(20(17)26)15-7-5-14(22)6-8-15/h1-11H,(H,23,25)/b17-11-. The van der Waals surface area contributed by atoms with Crippen LogP contribution in [-0.4, -0.2) is 11.8 Å². The molecule has 0 unspecified atom stereocenters. The van der Waals surface area contributed by atoms with Gasteiger partial charge in [0, 0.05) is 10.0 Å². The zero-order valence-corrected chi connectivity index (χ0v) is 15.4. The van der Waals surface area contributed by atoms with E-state index in [-0.39, 0.29) is 5.57 Å². The first-order valence-electron chi connectivity index (χ1n) is 8.00. The number of anilines is 1. The molecule has 0 atom stereocenters. The number of hydrogen-bond donors (Lipinski definition) is 1. The van der Waals surface area contributed by atoms with Gasteiger partial charge in [-0.1, -0.05) is 28.1 Å². The molecule has 4 rings (SSSR count). The van der Waals surface area contributed by atoms with Gasteiger partial charge in [0.1, 0.15) is 22.9 Å². The van der Waals surface area contributed by atoms with Gasteiger partial charge in [0.15, 0.2) is 0 Å². The molecular weight excluding hydrogens is 415 g/mol. The van der Waals surface area contributed by atoms with Crippen molar-refractivity contribution < 1.29 is 18.4 Å². The summed E-state index contributed by atoms with van der Waals surface area (Å²) < 4.78 is 19.7. The Balaban J connectivity index is 1.60. The molecule has 3 aromatic rings. The van der Waals surface area contributed by atoms with E-state index in [9.17, 15) is 14.0 Å². The van der Waals surface area contributed by atoms with Gasteiger partial charge < -0.3 is 4.42 Å². The first-order chi connectivity index (χ1) is 13.0. The van der Waals surface area contributed by atoms with Crippen LogP contribution in [-0.2, 0) is 9.59 Å². The Bertz CT molecular complexity index is 1060. The van der Waals surface area contributed by atoms with Crippen molar-refractivity contribution in [1.82, 2.24) is 5.43 Å². The fraction of sp³-hybridized carbons (Fsp3) is 0. The van der Waals surface area contributed by atoms with Crippen molar-refractivity contribution >= 4 is 39.5 Å². The average Bonchev–Trinajstić information content (AvgIpc) is 3.23. The minimum absolute atomic E-state index is 0.0592. The third kappa shape index (κ3) is 3.41. The lowest BCUT2D eigenvalue weighted by Crippen LogP contribution is -2.35. The van der Waals surface area contributed by atoms with Gasteiger partial charge in [-0.25, -0.2) is 9.40 Å². The second-order valence-corrected chi connectivity index (χ2v) is 6.74. The molecule has 1 aliphatic heterocycles. The van der Waals surface area contributed by atoms with Crippen LogP contribution < -0.4 is 10.4 Å². The number of carbonyl (C=O) groups is 2. The third-order valence-electron chi connectivity index (χ3n) is 4.02. The van der Waals surface area contributed by atoms with Gasteiger partial charge in [-0.15, -0.1) is 0 Å². The van der Waals surface area contributed by atoms with E-state index in [0.29, 0.717) is 17.2 Å². The lowest BCUT2D eigenvalue weighted by atomic mass is 10.2. The lowest BCUT2D eigenvalue weighted by Gasteiger charge is -2.14. The molecule has 0 aliphatic carbocycles. The highest BCUT2D eigenvalue weighted by Crippen LogP contribution is 2.26. The number of hydrogen-bond acceptors (Lipinski definition) is 3. The van der Waals surface area contributed by atoms with E-state index in [2.05, 4.69) is 21.4 Å². The second kappa shape index (κ2) is 6.85. The Kier molecular flexibility index (Phi) is 4.37. The highest BCUT2D eigenvalue weighted by atomic mass is 79.9. The second-order valence-electron chi connectivity index (χ2n) is 5.82. The van der Waals surface area contributed by atoms with E-state index in [0.717, 1.165) is 15.0 Å². The van der Waals surface area contributed by atoms with Crippen molar-refractivity contribution in [3.63, 3.8) is 0 Å². The molecule has 1 N–H and O–H groups in total. The van der Waals surface area contributed by atoms with Gasteiger partial charge >= 0.3 is 0 Å². The van der Waals surface area contributed by atoms with Crippen LogP contribution in [0.25, 0.3) is 17.4 Å². The summed E-state index contributed by atoms with van der Waals surface area (Å²) in [4.78, 5) is 24.7. The highest BCUT2D eigenvalue weighted by Gasteiger charge is 2.34. The van der Waals surface area contributed by atoms with Crippen molar-refractivity contribution in [3.8, 4) is 11.3 Å². The van der Waals surface area contributed by atoms with E-state index in [4.69, 9.17) is 4.42 Å². The Morgan fingerprint density at radius 1 is 0.963 bits per heavy atom. The molecule has 27 heavy (non-hydrogen) atoms. The maximum absolute atomic E-state index is 13.1. The number of carbonyl (C=O) groups excluding carboxylic acids is 2. The van der Waals surface area contributed by atoms with E-state index < -0.39 is 17.6 Å². The Hall–Kier alpha value is -3.19. The van der Waals surface area contributed by atoms with Crippen LogP contribution in [0.5, 0.6) is 0 Å². The van der Waals surface area contributed by atoms with E-state index >= 15 is 0 Å². The number of amides is 2. The minimum Gasteiger partial charge on any atom is -0.457 e. The van der Waals surface area contributed by atoms with Crippen molar-refractivity contribution in [1.29, 1.82) is 0 Å². The van der Waals surface area contributed by atoms with Crippen molar-refractivity contribution in [3.05, 3.63) is 82.3 Å². The van der Waals surface area contributed by atoms with Crippen molar-refractivity contribution in [2.24, 2.45) is 0 Å². The number of benzene rings is 2. The molecule has 134 valence electrons. The quantitative estimate of drug-likeness (QED) is 0.501. The van der Waals surface area contributed by atoms with Gasteiger partial charge in [-0.2, -0.15) is 0 Å². The summed E-state index contributed by atoms with van der Waals surface area (Å²) >= 11 is 3.38. The molecule has 1 fully saturated rings. The van der Waals surface area contributed by atoms with Crippen LogP contribution in [0.15, 0.2) is 75.1 Å². The SMILES string of the molecule is O=C1NN(c2ccc(F)cc2)C(=O)/C1=C\c1ccc(-c2ccc(Br)cc2)o1. The summed E-state index contributed by atoms with van der Waals surface area (Å²) in [5.74, 6) is -0.509. The summed E-state index contributed by atoms with van der Waals surface area (Å²) in [5.41, 5.74) is 3.64. The fourth-order valence-corrected chi connectivity index (χ4v) is 2.94. The summed E-state index contributed by atoms with van der Waals surface area (Å²) in [5, 5.41) is 1.08. The molecule has 0 bridgehead atoms. The molecule has 1 aromatic heterocycles. The van der Waals surface area contributed by atoms with E-state index in [1.165, 1.54) is 30.3 Å². The Morgan fingerprint density at radius 3 is 2.37 bits per heavy atom. The largest absolute Gasteiger partial charge is 0.457 e. The lowest BCUT2D eigenvalue weighted by molar-refractivity contribution is -0.117. The van der Waals surface area contributed by atoms with Crippen LogP contribution in [0.3, 0.4) is 0 Å². The topological polar surface area (TPSA) is 62.6 Å². The van der Waals surface area contributed by atoms with Crippen molar-refractivity contribution in [2.75, 3.05) is 5.01 Å². The van der Waals surface area contributed by atoms with Gasteiger partial charge in [0.2, 0.25) is 0 Å². The Labute approximate surface area is 162 Å². The van der Waals surface area contributed by atoms with Crippen molar-refractivity contribution in [2.45, 2.75) is 0 Å². The van der Waals surface area contributed by atoms with Gasteiger partial charge in [0.25, 0.3) is 11.8 Å². The predicted octanol–water partition coefficient (Wildman–Crippen LogP) is 4.31.